The fourth-order valence-corrected chi connectivity index (χ4v) is 7.22. The molecular formula is C28H35N3O7. The summed E-state index contributed by atoms with van der Waals surface area (Å²) in [7, 11) is 5.65. The fourth-order valence-electron chi connectivity index (χ4n) is 7.22. The highest BCUT2D eigenvalue weighted by Gasteiger charge is 2.67. The Morgan fingerprint density at radius 3 is 2.53 bits per heavy atom. The molecule has 3 aliphatic carbocycles. The van der Waals surface area contributed by atoms with Crippen LogP contribution in [0.15, 0.2) is 29.0 Å². The predicted octanol–water partition coefficient (Wildman–Crippen LogP) is 1.51. The highest BCUT2D eigenvalue weighted by Crippen LogP contribution is 2.59. The molecule has 5 rings (SSSR count). The minimum atomic E-state index is -2.62. The number of Topliss-reactive ketones (excluding diaryl/α,β-unsaturated/α-hetero) is 2. The maximum absolute atomic E-state index is 14.1. The van der Waals surface area contributed by atoms with E-state index in [0.717, 1.165) is 24.9 Å². The summed E-state index contributed by atoms with van der Waals surface area (Å²) in [4.78, 5) is 43.2. The Kier molecular flexibility index (Phi) is 6.20. The number of phenols is 1. The zero-order chi connectivity index (χ0) is 27.7. The van der Waals surface area contributed by atoms with Gasteiger partial charge in [0.1, 0.15) is 22.8 Å². The first kappa shape index (κ1) is 26.4. The van der Waals surface area contributed by atoms with Crippen LogP contribution < -0.4 is 5.73 Å². The average Bonchev–Trinajstić information content (AvgIpc) is 3.25. The summed E-state index contributed by atoms with van der Waals surface area (Å²) in [6, 6.07) is 3.70. The van der Waals surface area contributed by atoms with Crippen LogP contribution in [0.5, 0.6) is 5.75 Å². The third-order valence-corrected chi connectivity index (χ3v) is 9.11. The molecule has 1 aromatic carbocycles. The van der Waals surface area contributed by atoms with Crippen molar-refractivity contribution >= 4 is 23.2 Å². The molecular weight excluding hydrogens is 490 g/mol. The molecule has 10 nitrogen and oxygen atoms in total. The SMILES string of the molecule is CN(C)CC[C@]12CC(=O)C(C(N)=O)=C(O)[C@@]1(O)C(=O)C1=C(O)c3c(O)cc(C4CCCN4C)cc3CC1C2. The molecule has 204 valence electrons. The first-order valence-electron chi connectivity index (χ1n) is 13.0. The molecule has 4 aliphatic rings. The van der Waals surface area contributed by atoms with Crippen molar-refractivity contribution in [1.82, 2.24) is 9.80 Å². The standard InChI is InChI=1S/C28H35N3O7/c1-30(2)8-6-27-12-16-10-15-9-14(17-5-4-7-31(17)3)11-18(32)20(15)23(34)21(16)24(35)28(27,38)25(36)22(26(29)37)19(33)13-27/h9,11,16-17,32,34,36,38H,4-8,10,12-13H2,1-3H3,(H2,29,37)/t16?,17?,27-,28-/m0/s1. The molecule has 1 saturated heterocycles. The number of aromatic hydroxyl groups is 1. The number of rotatable bonds is 5. The largest absolute Gasteiger partial charge is 0.508 e. The number of phenolic OH excluding ortho intramolecular Hbond substituents is 1. The number of fused-ring (bicyclic) bond motifs is 3. The molecule has 1 saturated carbocycles. The van der Waals surface area contributed by atoms with Gasteiger partial charge in [0.15, 0.2) is 11.4 Å². The van der Waals surface area contributed by atoms with Crippen LogP contribution in [0.4, 0.5) is 0 Å². The van der Waals surface area contributed by atoms with E-state index in [9.17, 15) is 34.8 Å². The maximum atomic E-state index is 14.1. The van der Waals surface area contributed by atoms with E-state index in [0.29, 0.717) is 18.5 Å². The van der Waals surface area contributed by atoms with Crippen LogP contribution in [0, 0.1) is 11.3 Å². The van der Waals surface area contributed by atoms with E-state index >= 15 is 0 Å². The van der Waals surface area contributed by atoms with Crippen LogP contribution in [-0.2, 0) is 20.8 Å². The lowest BCUT2D eigenvalue weighted by Gasteiger charge is -2.54. The van der Waals surface area contributed by atoms with E-state index in [4.69, 9.17) is 5.73 Å². The Morgan fingerprint density at radius 2 is 1.92 bits per heavy atom. The van der Waals surface area contributed by atoms with Crippen LogP contribution in [-0.4, -0.2) is 87.5 Å². The van der Waals surface area contributed by atoms with Crippen molar-refractivity contribution in [2.24, 2.45) is 17.1 Å². The molecule has 4 atom stereocenters. The third kappa shape index (κ3) is 3.61. The Bertz CT molecular complexity index is 1320. The van der Waals surface area contributed by atoms with E-state index in [2.05, 4.69) is 4.90 Å². The predicted molar refractivity (Wildman–Crippen MR) is 138 cm³/mol. The van der Waals surface area contributed by atoms with Gasteiger partial charge in [0.25, 0.3) is 5.91 Å². The molecule has 10 heteroatoms. The van der Waals surface area contributed by atoms with Crippen LogP contribution in [0.3, 0.4) is 0 Å². The summed E-state index contributed by atoms with van der Waals surface area (Å²) in [5.74, 6) is -5.16. The van der Waals surface area contributed by atoms with Crippen LogP contribution in [0.25, 0.3) is 5.76 Å². The number of carbonyl (C=O) groups is 3. The summed E-state index contributed by atoms with van der Waals surface area (Å²) in [5.41, 5.74) is 2.15. The van der Waals surface area contributed by atoms with Crippen molar-refractivity contribution in [2.45, 2.75) is 50.2 Å². The van der Waals surface area contributed by atoms with E-state index < -0.39 is 51.5 Å². The Hall–Kier alpha value is -3.21. The van der Waals surface area contributed by atoms with Gasteiger partial charge in [-0.1, -0.05) is 6.07 Å². The first-order chi connectivity index (χ1) is 17.8. The first-order valence-corrected chi connectivity index (χ1v) is 13.0. The number of hydrogen-bond donors (Lipinski definition) is 5. The van der Waals surface area contributed by atoms with Gasteiger partial charge in [0.05, 0.1) is 5.56 Å². The van der Waals surface area contributed by atoms with Crippen molar-refractivity contribution in [2.75, 3.05) is 34.2 Å². The van der Waals surface area contributed by atoms with Gasteiger partial charge < -0.3 is 31.1 Å². The summed E-state index contributed by atoms with van der Waals surface area (Å²) in [6.07, 6.45) is 2.23. The zero-order valence-electron chi connectivity index (χ0n) is 22.0. The highest BCUT2D eigenvalue weighted by molar-refractivity contribution is 6.23. The second kappa shape index (κ2) is 8.93. The highest BCUT2D eigenvalue weighted by atomic mass is 16.3. The molecule has 2 fully saturated rings. The number of hydrogen-bond acceptors (Lipinski definition) is 9. The number of nitrogens with zero attached hydrogens (tertiary/aromatic N) is 2. The smallest absolute Gasteiger partial charge is 0.255 e. The minimum Gasteiger partial charge on any atom is -0.508 e. The number of benzene rings is 1. The Balaban J connectivity index is 1.68. The lowest BCUT2D eigenvalue weighted by Crippen LogP contribution is -2.65. The van der Waals surface area contributed by atoms with Gasteiger partial charge in [-0.2, -0.15) is 0 Å². The zero-order valence-corrected chi connectivity index (χ0v) is 22.0. The van der Waals surface area contributed by atoms with Crippen molar-refractivity contribution in [3.05, 3.63) is 45.7 Å². The summed E-state index contributed by atoms with van der Waals surface area (Å²) in [6.45, 7) is 1.34. The minimum absolute atomic E-state index is 0.109. The average molecular weight is 526 g/mol. The monoisotopic (exact) mass is 525 g/mol. The van der Waals surface area contributed by atoms with E-state index in [1.54, 1.807) is 6.07 Å². The van der Waals surface area contributed by atoms with Gasteiger partial charge in [-0.3, -0.25) is 19.3 Å². The second-order valence-corrected chi connectivity index (χ2v) is 11.6. The maximum Gasteiger partial charge on any atom is 0.255 e. The molecule has 6 N–H and O–H groups in total. The van der Waals surface area contributed by atoms with Crippen molar-refractivity contribution in [3.63, 3.8) is 0 Å². The number of aliphatic hydroxyl groups excluding tert-OH is 2. The molecule has 0 radical (unpaired) electrons. The lowest BCUT2D eigenvalue weighted by molar-refractivity contribution is -0.165. The number of amides is 1. The molecule has 0 aromatic heterocycles. The number of nitrogens with two attached hydrogens (primary N) is 1. The van der Waals surface area contributed by atoms with Gasteiger partial charge in [0.2, 0.25) is 5.78 Å². The van der Waals surface area contributed by atoms with E-state index in [1.807, 2.05) is 32.1 Å². The summed E-state index contributed by atoms with van der Waals surface area (Å²) >= 11 is 0. The van der Waals surface area contributed by atoms with Crippen LogP contribution in [0.2, 0.25) is 0 Å². The van der Waals surface area contributed by atoms with Gasteiger partial charge in [0, 0.05) is 23.5 Å². The molecule has 38 heavy (non-hydrogen) atoms. The van der Waals surface area contributed by atoms with Crippen molar-refractivity contribution in [1.29, 1.82) is 0 Å². The van der Waals surface area contributed by atoms with Gasteiger partial charge in [-0.15, -0.1) is 0 Å². The molecule has 1 aliphatic heterocycles. The normalized spacial score (nSPS) is 31.5. The van der Waals surface area contributed by atoms with E-state index in [1.165, 1.54) is 0 Å². The molecule has 1 amide bonds. The quantitative estimate of drug-likeness (QED) is 0.358. The molecule has 1 aromatic rings. The molecule has 0 bridgehead atoms. The summed E-state index contributed by atoms with van der Waals surface area (Å²) in [5, 5.41) is 45.4. The Labute approximate surface area is 221 Å². The van der Waals surface area contributed by atoms with Crippen molar-refractivity contribution in [3.8, 4) is 5.75 Å². The number of primary amides is 1. The second-order valence-electron chi connectivity index (χ2n) is 11.6. The molecule has 1 heterocycles. The fraction of sp³-hybridized carbons (Fsp3) is 0.536. The van der Waals surface area contributed by atoms with Gasteiger partial charge in [-0.05, 0) is 89.4 Å². The topological polar surface area (TPSA) is 165 Å². The molecule has 2 unspecified atom stereocenters. The number of aliphatic hydroxyl groups is 3. The van der Waals surface area contributed by atoms with Crippen LogP contribution >= 0.6 is 0 Å². The number of ketones is 2. The van der Waals surface area contributed by atoms with Gasteiger partial charge in [-0.25, -0.2) is 0 Å². The number of likely N-dealkylation sites (tertiary alicyclic amines) is 1. The third-order valence-electron chi connectivity index (χ3n) is 9.11. The number of carbonyl (C=O) groups excluding carboxylic acids is 3. The van der Waals surface area contributed by atoms with Crippen LogP contribution in [0.1, 0.15) is 54.8 Å². The van der Waals surface area contributed by atoms with E-state index in [-0.39, 0.29) is 42.2 Å². The Morgan fingerprint density at radius 1 is 1.21 bits per heavy atom. The molecule has 0 spiro atoms. The lowest BCUT2D eigenvalue weighted by atomic mass is 9.50. The van der Waals surface area contributed by atoms with Gasteiger partial charge >= 0.3 is 0 Å². The van der Waals surface area contributed by atoms with Crippen molar-refractivity contribution < 1.29 is 34.8 Å². The summed E-state index contributed by atoms with van der Waals surface area (Å²) < 4.78 is 0.